The number of pyridine rings is 1. The number of ether oxygens (including phenoxy) is 1. The Morgan fingerprint density at radius 2 is 1.70 bits per heavy atom. The van der Waals surface area contributed by atoms with Crippen LogP contribution in [0.4, 0.5) is 17.5 Å². The van der Waals surface area contributed by atoms with Crippen molar-refractivity contribution in [3.63, 3.8) is 0 Å². The monoisotopic (exact) mass is 1040 g/mol. The summed E-state index contributed by atoms with van der Waals surface area (Å²) in [6.07, 6.45) is 3.94. The van der Waals surface area contributed by atoms with Crippen LogP contribution in [0.25, 0.3) is 34.3 Å². The number of phosphoric ester groups is 2. The van der Waals surface area contributed by atoms with Gasteiger partial charge in [-0.25, -0.2) is 28.9 Å². The number of hydrogen-bond acceptors (Lipinski definition) is 17. The van der Waals surface area contributed by atoms with E-state index in [4.69, 9.17) is 19.4 Å². The molecule has 382 valence electrons. The fraction of sp³-hybridized carbons (Fsp3) is 0.476. The van der Waals surface area contributed by atoms with E-state index in [2.05, 4.69) is 35.0 Å². The second kappa shape index (κ2) is 23.8. The highest BCUT2D eigenvalue weighted by Crippen LogP contribution is 2.46. The minimum absolute atomic E-state index is 0.0205. The topological polar surface area (TPSA) is 365 Å². The van der Waals surface area contributed by atoms with Crippen LogP contribution in [0.2, 0.25) is 0 Å². The Bertz CT molecular complexity index is 2920. The van der Waals surface area contributed by atoms with Crippen molar-refractivity contribution in [1.82, 2.24) is 24.8 Å². The van der Waals surface area contributed by atoms with Gasteiger partial charge in [-0.05, 0) is 69.9 Å². The molecule has 0 bridgehead atoms. The molecular weight excluding hydrogens is 981 g/mol. The lowest BCUT2D eigenvalue weighted by Gasteiger charge is -2.21. The van der Waals surface area contributed by atoms with Gasteiger partial charge in [-0.15, -0.1) is 0 Å². The summed E-state index contributed by atoms with van der Waals surface area (Å²) in [6.45, 7) is 5.95. The number of nitrogens with zero attached hydrogens (tertiary/aromatic N) is 6. The number of unbranched alkanes of at least 4 members (excludes halogenated alkanes) is 5. The van der Waals surface area contributed by atoms with Crippen LogP contribution in [0.5, 0.6) is 0 Å². The van der Waals surface area contributed by atoms with Gasteiger partial charge in [-0.2, -0.15) is 13.0 Å². The summed E-state index contributed by atoms with van der Waals surface area (Å²) in [6, 6.07) is 10.2. The Kier molecular flexibility index (Phi) is 18.4. The molecule has 28 heteroatoms. The number of rotatable bonds is 26. The number of aryl methyl sites for hydroxylation is 1. The van der Waals surface area contributed by atoms with Crippen molar-refractivity contribution in [2.45, 2.75) is 101 Å². The van der Waals surface area contributed by atoms with Crippen LogP contribution < -0.4 is 31.5 Å². The van der Waals surface area contributed by atoms with E-state index in [1.807, 2.05) is 32.0 Å². The average Bonchev–Trinajstić information content (AvgIpc) is 3.81. The van der Waals surface area contributed by atoms with Crippen molar-refractivity contribution in [3.05, 3.63) is 70.6 Å². The second-order valence-corrected chi connectivity index (χ2v) is 20.2. The fourth-order valence-corrected chi connectivity index (χ4v) is 9.33. The molecule has 1 fully saturated rings. The van der Waals surface area contributed by atoms with E-state index >= 15 is 0 Å². The number of nitrogens with two attached hydrogens (primary N) is 1. The zero-order valence-corrected chi connectivity index (χ0v) is 40.9. The van der Waals surface area contributed by atoms with Gasteiger partial charge in [0.2, 0.25) is 17.5 Å². The molecule has 0 aliphatic carbocycles. The van der Waals surface area contributed by atoms with Crippen LogP contribution in [-0.4, -0.2) is 114 Å². The summed E-state index contributed by atoms with van der Waals surface area (Å²) in [5.74, 6) is -0.0520. The van der Waals surface area contributed by atoms with E-state index in [-0.39, 0.29) is 40.2 Å². The van der Waals surface area contributed by atoms with Crippen molar-refractivity contribution in [2.24, 2.45) is 0 Å². The summed E-state index contributed by atoms with van der Waals surface area (Å²) in [5, 5.41) is 17.9. The van der Waals surface area contributed by atoms with Crippen molar-refractivity contribution >= 4 is 83.4 Å². The van der Waals surface area contributed by atoms with Crippen LogP contribution in [0, 0.1) is 0 Å². The molecule has 1 amide bonds. The van der Waals surface area contributed by atoms with Crippen molar-refractivity contribution < 1.29 is 74.3 Å². The Labute approximate surface area is 401 Å². The molecule has 6 rings (SSSR count). The summed E-state index contributed by atoms with van der Waals surface area (Å²) in [4.78, 5) is 77.3. The molecule has 10 N–H and O–H groups in total. The largest absolute Gasteiger partial charge is 0.470 e. The average molecular weight is 1040 g/mol. The fourth-order valence-electron chi connectivity index (χ4n) is 7.91. The smallest absolute Gasteiger partial charge is 0.422 e. The van der Waals surface area contributed by atoms with Gasteiger partial charge in [0.15, 0.2) is 34.3 Å². The number of carbonyl (C=O) groups excluding carboxylic acids is 1. The molecule has 0 spiro atoms. The van der Waals surface area contributed by atoms with E-state index in [9.17, 15) is 56.4 Å². The Hall–Kier alpha value is -5.21. The zero-order valence-electron chi connectivity index (χ0n) is 38.3. The lowest BCUT2D eigenvalue weighted by molar-refractivity contribution is -0.700. The molecule has 4 aromatic heterocycles. The second-order valence-electron chi connectivity index (χ2n) is 16.3. The summed E-state index contributed by atoms with van der Waals surface area (Å²) in [5.41, 5.74) is 7.97. The van der Waals surface area contributed by atoms with Crippen molar-refractivity contribution in [1.29, 1.82) is 0 Å². The van der Waals surface area contributed by atoms with Crippen LogP contribution in [0.15, 0.2) is 63.0 Å². The zero-order chi connectivity index (χ0) is 50.8. The molecule has 0 saturated carbocycles. The number of imidazole rings is 1. The molecule has 0 radical (unpaired) electrons. The maximum Gasteiger partial charge on any atom is 0.470 e. The number of nitrogens with one attached hydrogen (secondary N) is 2. The lowest BCUT2D eigenvalue weighted by Crippen LogP contribution is -2.37. The molecule has 4 atom stereocenters. The van der Waals surface area contributed by atoms with Crippen LogP contribution >= 0.6 is 15.6 Å². The molecule has 5 heterocycles. The summed E-state index contributed by atoms with van der Waals surface area (Å²) >= 11 is 0. The maximum atomic E-state index is 12.9. The predicted octanol–water partition coefficient (Wildman–Crippen LogP) is 3.26. The van der Waals surface area contributed by atoms with Crippen LogP contribution in [0.3, 0.4) is 0 Å². The normalized spacial score (nSPS) is 17.8. The van der Waals surface area contributed by atoms with Gasteiger partial charge in [0.05, 0.1) is 12.2 Å². The Morgan fingerprint density at radius 1 is 0.971 bits per heavy atom. The first-order valence-electron chi connectivity index (χ1n) is 22.4. The van der Waals surface area contributed by atoms with Gasteiger partial charge in [-0.1, -0.05) is 12.8 Å². The summed E-state index contributed by atoms with van der Waals surface area (Å²) in [7, 11) is -14.8. The number of fused-ring (bicyclic) bond motifs is 2. The highest BCUT2D eigenvalue weighted by Gasteiger charge is 2.50. The van der Waals surface area contributed by atoms with Gasteiger partial charge in [-0.3, -0.25) is 23.0 Å². The predicted molar refractivity (Wildman–Crippen MR) is 254 cm³/mol. The van der Waals surface area contributed by atoms with Gasteiger partial charge < -0.3 is 55.1 Å². The van der Waals surface area contributed by atoms with Gasteiger partial charge >= 0.3 is 21.3 Å². The molecule has 25 nitrogen and oxygen atoms in total. The third kappa shape index (κ3) is 14.7. The Morgan fingerprint density at radius 3 is 2.40 bits per heavy atom. The standard InChI is InChI=1S/C42H57N9O16P2S/c1-3-49(4-2)30-16-13-27-22-28(41(54)66-32(27)23-30)14-15-29-17-18-31(70(61,62)63)24-50(29)21-11-7-8-12-34(52)44-19-9-5-6-10-20-45-42-48-35-38(43)46-26-47-39(35)51(42)40-36(53)37(67-69(58,59)60)33(65-40)25-64-68(55,56)57/h13-18,22-24,26,33,36-37,40,53H,3-12,19-21,25H2,1-2H3,(H8-,43,44,45,46,47,48,52,55,56,57,58,59,60,61,62,63)/p+1/t33-,36-,37-,40-/m1/s1. The van der Waals surface area contributed by atoms with E-state index in [1.54, 1.807) is 22.8 Å². The maximum absolute atomic E-state index is 12.9. The van der Waals surface area contributed by atoms with E-state index in [1.165, 1.54) is 22.9 Å². The number of hydrogen-bond donors (Lipinski definition) is 9. The minimum atomic E-state index is -5.24. The number of aliphatic hydroxyl groups excluding tert-OH is 1. The minimum Gasteiger partial charge on any atom is -0.422 e. The molecule has 1 aliphatic rings. The number of benzene rings is 1. The van der Waals surface area contributed by atoms with Gasteiger partial charge in [0, 0.05) is 68.3 Å². The molecule has 5 aromatic rings. The number of nitrogen functional groups attached to an aromatic ring is 1. The number of carbonyl (C=O) groups is 1. The third-order valence-corrected chi connectivity index (χ3v) is 13.2. The Balaban J connectivity index is 0.946. The lowest BCUT2D eigenvalue weighted by atomic mass is 10.1. The third-order valence-electron chi connectivity index (χ3n) is 11.4. The number of aliphatic hydroxyl groups is 1. The van der Waals surface area contributed by atoms with E-state index in [0.29, 0.717) is 68.6 Å². The number of amides is 1. The van der Waals surface area contributed by atoms with Crippen molar-refractivity contribution in [2.75, 3.05) is 48.7 Å². The molecule has 70 heavy (non-hydrogen) atoms. The first-order valence-corrected chi connectivity index (χ1v) is 26.9. The quantitative estimate of drug-likeness (QED) is 0.0126. The highest BCUT2D eigenvalue weighted by molar-refractivity contribution is 7.85. The molecule has 0 unspecified atom stereocenters. The van der Waals surface area contributed by atoms with E-state index < -0.39 is 62.5 Å². The number of anilines is 3. The molecule has 1 saturated heterocycles. The first kappa shape index (κ1) is 54.1. The highest BCUT2D eigenvalue weighted by atomic mass is 32.2. The van der Waals surface area contributed by atoms with E-state index in [0.717, 1.165) is 43.3 Å². The SMILES string of the molecule is CCN(CC)c1ccc2cc(/C=C/c3ccc(S(=O)(=O)O)c[n+]3CCCCCC(=O)NCCCCCCNc3nc4c(N)ncnc4n3[C@@H]3O[C@H](COP(=O)(O)O)[C@@H](OP(=O)(O)O)[C@H]3O)c(=O)oc2c1. The van der Waals surface area contributed by atoms with Crippen LogP contribution in [-0.2, 0) is 44.4 Å². The number of phosphoric acid groups is 2. The first-order chi connectivity index (χ1) is 33.2. The van der Waals surface area contributed by atoms with Gasteiger partial charge in [0.25, 0.3) is 10.1 Å². The van der Waals surface area contributed by atoms with Crippen molar-refractivity contribution in [3.8, 4) is 0 Å². The molecule has 1 aromatic carbocycles. The molecular formula is C42H58N9O16P2S+. The van der Waals surface area contributed by atoms with Gasteiger partial charge in [0.1, 0.15) is 36.8 Å². The molecule has 1 aliphatic heterocycles. The number of aromatic nitrogens is 5. The summed E-state index contributed by atoms with van der Waals surface area (Å²) < 4.78 is 80.4. The van der Waals surface area contributed by atoms with Crippen LogP contribution in [0.1, 0.15) is 82.7 Å².